The van der Waals surface area contributed by atoms with Gasteiger partial charge in [0.25, 0.3) is 0 Å². The molecule has 1 aromatic rings. The maximum atomic E-state index is 13.5. The highest BCUT2D eigenvalue weighted by Gasteiger charge is 2.21. The highest BCUT2D eigenvalue weighted by Crippen LogP contribution is 2.27. The summed E-state index contributed by atoms with van der Waals surface area (Å²) in [6, 6.07) is 4.15. The number of hydrogen-bond acceptors (Lipinski definition) is 3. The van der Waals surface area contributed by atoms with E-state index in [1.807, 2.05) is 0 Å². The van der Waals surface area contributed by atoms with Crippen LogP contribution in [0.1, 0.15) is 32.6 Å². The van der Waals surface area contributed by atoms with Crippen LogP contribution in [0.2, 0.25) is 0 Å². The van der Waals surface area contributed by atoms with Gasteiger partial charge in [0.2, 0.25) is 0 Å². The summed E-state index contributed by atoms with van der Waals surface area (Å²) in [4.78, 5) is 0. The van der Waals surface area contributed by atoms with Crippen molar-refractivity contribution in [3.05, 3.63) is 24.0 Å². The van der Waals surface area contributed by atoms with Crippen LogP contribution in [0.15, 0.2) is 18.2 Å². The van der Waals surface area contributed by atoms with Crippen molar-refractivity contribution < 1.29 is 19.2 Å². The summed E-state index contributed by atoms with van der Waals surface area (Å²) in [5.41, 5.74) is -0.126. The van der Waals surface area contributed by atoms with Crippen molar-refractivity contribution in [3.8, 4) is 5.75 Å². The molecule has 5 heteroatoms. The molecule has 0 radical (unpaired) electrons. The summed E-state index contributed by atoms with van der Waals surface area (Å²) in [7, 11) is -1.78. The van der Waals surface area contributed by atoms with Crippen LogP contribution in [-0.2, 0) is 0 Å². The van der Waals surface area contributed by atoms with Crippen LogP contribution in [-0.4, -0.2) is 23.3 Å². The van der Waals surface area contributed by atoms with Crippen molar-refractivity contribution in [3.63, 3.8) is 0 Å². The molecule has 98 valence electrons. The Balaban J connectivity index is 2.03. The van der Waals surface area contributed by atoms with Crippen LogP contribution in [0.4, 0.5) is 4.39 Å². The van der Waals surface area contributed by atoms with Gasteiger partial charge in [-0.2, -0.15) is 0 Å². The number of ether oxygens (including phenoxy) is 1. The molecule has 0 aliphatic heterocycles. The van der Waals surface area contributed by atoms with Crippen LogP contribution in [0.5, 0.6) is 5.75 Å². The van der Waals surface area contributed by atoms with Crippen LogP contribution in [0.25, 0.3) is 0 Å². The van der Waals surface area contributed by atoms with Gasteiger partial charge in [-0.25, -0.2) is 4.39 Å². The maximum Gasteiger partial charge on any atom is 0.491 e. The van der Waals surface area contributed by atoms with Gasteiger partial charge in [0.1, 0.15) is 11.6 Å². The summed E-state index contributed by atoms with van der Waals surface area (Å²) in [5.74, 6) is 0.453. The third-order valence-electron chi connectivity index (χ3n) is 3.44. The number of benzene rings is 1. The summed E-state index contributed by atoms with van der Waals surface area (Å²) in [5, 5.41) is 17.9. The predicted molar refractivity (Wildman–Crippen MR) is 68.3 cm³/mol. The molecular formula is C13H18BFO3. The molecule has 18 heavy (non-hydrogen) atoms. The van der Waals surface area contributed by atoms with Crippen LogP contribution >= 0.6 is 0 Å². The molecule has 0 spiro atoms. The van der Waals surface area contributed by atoms with Crippen LogP contribution in [0, 0.1) is 11.7 Å². The molecule has 3 nitrogen and oxygen atoms in total. The first-order valence-corrected chi connectivity index (χ1v) is 6.38. The fourth-order valence-electron chi connectivity index (χ4n) is 2.47. The molecule has 2 rings (SSSR count). The molecular weight excluding hydrogens is 234 g/mol. The average molecular weight is 252 g/mol. The largest absolute Gasteiger partial charge is 0.491 e. The average Bonchev–Trinajstić information content (AvgIpc) is 2.28. The van der Waals surface area contributed by atoms with Crippen molar-refractivity contribution in [2.75, 3.05) is 0 Å². The first-order valence-electron chi connectivity index (χ1n) is 6.38. The zero-order valence-electron chi connectivity index (χ0n) is 10.5. The normalized spacial score (nSPS) is 23.8. The molecule has 0 amide bonds. The highest BCUT2D eigenvalue weighted by atomic mass is 19.1. The Morgan fingerprint density at radius 3 is 2.72 bits per heavy atom. The second kappa shape index (κ2) is 5.72. The van der Waals surface area contributed by atoms with Crippen molar-refractivity contribution in [2.24, 2.45) is 5.92 Å². The molecule has 1 aromatic carbocycles. The van der Waals surface area contributed by atoms with E-state index in [9.17, 15) is 4.39 Å². The molecule has 2 atom stereocenters. The smallest absolute Gasteiger partial charge is 0.490 e. The van der Waals surface area contributed by atoms with E-state index in [4.69, 9.17) is 14.8 Å². The van der Waals surface area contributed by atoms with Crippen molar-refractivity contribution in [2.45, 2.75) is 38.7 Å². The summed E-state index contributed by atoms with van der Waals surface area (Å²) < 4.78 is 19.3. The second-order valence-electron chi connectivity index (χ2n) is 5.07. The lowest BCUT2D eigenvalue weighted by atomic mass is 9.80. The fraction of sp³-hybridized carbons (Fsp3) is 0.538. The summed E-state index contributed by atoms with van der Waals surface area (Å²) in [6.45, 7) is 2.20. The number of rotatable bonds is 3. The van der Waals surface area contributed by atoms with Crippen molar-refractivity contribution in [1.82, 2.24) is 0 Å². The molecule has 1 aliphatic rings. The van der Waals surface area contributed by atoms with Crippen molar-refractivity contribution >= 4 is 12.6 Å². The van der Waals surface area contributed by atoms with E-state index in [1.165, 1.54) is 18.6 Å². The van der Waals surface area contributed by atoms with E-state index in [2.05, 4.69) is 6.92 Å². The minimum absolute atomic E-state index is 0.126. The van der Waals surface area contributed by atoms with Gasteiger partial charge in [0.15, 0.2) is 0 Å². The lowest BCUT2D eigenvalue weighted by Crippen LogP contribution is -2.32. The van der Waals surface area contributed by atoms with Gasteiger partial charge >= 0.3 is 7.12 Å². The Morgan fingerprint density at radius 2 is 2.11 bits per heavy atom. The first kappa shape index (κ1) is 13.4. The summed E-state index contributed by atoms with van der Waals surface area (Å²) >= 11 is 0. The Labute approximate surface area is 107 Å². The van der Waals surface area contributed by atoms with E-state index in [0.29, 0.717) is 11.7 Å². The van der Waals surface area contributed by atoms with Crippen LogP contribution < -0.4 is 10.2 Å². The van der Waals surface area contributed by atoms with Gasteiger partial charge in [-0.15, -0.1) is 0 Å². The van der Waals surface area contributed by atoms with E-state index < -0.39 is 12.9 Å². The molecule has 2 N–H and O–H groups in total. The van der Waals surface area contributed by atoms with Gasteiger partial charge in [-0.3, -0.25) is 0 Å². The van der Waals surface area contributed by atoms with Gasteiger partial charge in [-0.05, 0) is 31.2 Å². The summed E-state index contributed by atoms with van der Waals surface area (Å²) in [6.07, 6.45) is 4.49. The Morgan fingerprint density at radius 1 is 1.33 bits per heavy atom. The molecule has 0 bridgehead atoms. The van der Waals surface area contributed by atoms with Gasteiger partial charge in [0.05, 0.1) is 6.10 Å². The SMILES string of the molecule is CC1CCCC(Oc2ccc(B(O)O)c(F)c2)C1. The van der Waals surface area contributed by atoms with E-state index in [1.54, 1.807) is 6.07 Å². The Kier molecular flexibility index (Phi) is 4.25. The van der Waals surface area contributed by atoms with E-state index in [0.717, 1.165) is 19.3 Å². The van der Waals surface area contributed by atoms with Crippen molar-refractivity contribution in [1.29, 1.82) is 0 Å². The zero-order valence-corrected chi connectivity index (χ0v) is 10.5. The monoisotopic (exact) mass is 252 g/mol. The fourth-order valence-corrected chi connectivity index (χ4v) is 2.47. The van der Waals surface area contributed by atoms with Gasteiger partial charge in [-0.1, -0.05) is 19.4 Å². The highest BCUT2D eigenvalue weighted by molar-refractivity contribution is 6.58. The minimum Gasteiger partial charge on any atom is -0.490 e. The topological polar surface area (TPSA) is 49.7 Å². The molecule has 0 aromatic heterocycles. The minimum atomic E-state index is -1.78. The maximum absolute atomic E-state index is 13.5. The Hall–Kier alpha value is -1.07. The van der Waals surface area contributed by atoms with Gasteiger partial charge < -0.3 is 14.8 Å². The molecule has 2 unspecified atom stereocenters. The molecule has 0 heterocycles. The van der Waals surface area contributed by atoms with E-state index in [-0.39, 0.29) is 11.6 Å². The third kappa shape index (κ3) is 3.24. The van der Waals surface area contributed by atoms with Gasteiger partial charge in [0, 0.05) is 11.5 Å². The quantitative estimate of drug-likeness (QED) is 0.801. The third-order valence-corrected chi connectivity index (χ3v) is 3.44. The standard InChI is InChI=1S/C13H18BFO3/c1-9-3-2-4-10(7-9)18-11-5-6-12(14(16)17)13(15)8-11/h5-6,8-10,16-17H,2-4,7H2,1H3. The number of hydrogen-bond donors (Lipinski definition) is 2. The van der Waals surface area contributed by atoms with Crippen LogP contribution in [0.3, 0.4) is 0 Å². The molecule has 1 fully saturated rings. The predicted octanol–water partition coefficient (Wildman–Crippen LogP) is 1.46. The second-order valence-corrected chi connectivity index (χ2v) is 5.07. The zero-order chi connectivity index (χ0) is 13.1. The molecule has 1 aliphatic carbocycles. The number of halogens is 1. The molecule has 0 saturated heterocycles. The molecule has 1 saturated carbocycles. The lowest BCUT2D eigenvalue weighted by Gasteiger charge is -2.27. The first-order chi connectivity index (χ1) is 8.56. The Bertz CT molecular complexity index is 411. The van der Waals surface area contributed by atoms with E-state index >= 15 is 0 Å². The lowest BCUT2D eigenvalue weighted by molar-refractivity contribution is 0.129.